The number of halogens is 2. The average molecular weight is 398 g/mol. The first-order valence-electron chi connectivity index (χ1n) is 5.75. The number of rotatable bonds is 3. The summed E-state index contributed by atoms with van der Waals surface area (Å²) in [4.78, 5) is 5.71. The van der Waals surface area contributed by atoms with Gasteiger partial charge in [0.05, 0.1) is 21.2 Å². The Morgan fingerprint density at radius 2 is 2.00 bits per heavy atom. The van der Waals surface area contributed by atoms with Crippen molar-refractivity contribution in [2.24, 2.45) is 0 Å². The molecule has 0 aliphatic rings. The summed E-state index contributed by atoms with van der Waals surface area (Å²) >= 11 is 8.73. The number of pyridine rings is 1. The van der Waals surface area contributed by atoms with Gasteiger partial charge in [0, 0.05) is 21.3 Å². The van der Waals surface area contributed by atoms with E-state index in [1.165, 1.54) is 4.88 Å². The Morgan fingerprint density at radius 3 is 2.79 bits per heavy atom. The second-order valence-electron chi connectivity index (χ2n) is 4.10. The van der Waals surface area contributed by atoms with Gasteiger partial charge in [-0.3, -0.25) is 4.98 Å². The number of anilines is 1. The van der Waals surface area contributed by atoms with Crippen molar-refractivity contribution in [1.82, 2.24) is 4.98 Å². The van der Waals surface area contributed by atoms with Gasteiger partial charge in [-0.2, -0.15) is 0 Å². The summed E-state index contributed by atoms with van der Waals surface area (Å²) in [6, 6.07) is 12.4. The smallest absolute Gasteiger partial charge is 0.0843 e. The highest BCUT2D eigenvalue weighted by molar-refractivity contribution is 9.13. The van der Waals surface area contributed by atoms with E-state index in [1.54, 1.807) is 11.3 Å². The maximum absolute atomic E-state index is 4.44. The number of para-hydroxylation sites is 1. The van der Waals surface area contributed by atoms with E-state index in [9.17, 15) is 0 Å². The fourth-order valence-corrected chi connectivity index (χ4v) is 3.95. The van der Waals surface area contributed by atoms with Crippen molar-refractivity contribution in [3.05, 3.63) is 55.7 Å². The van der Waals surface area contributed by atoms with Crippen LogP contribution >= 0.6 is 43.2 Å². The molecule has 0 unspecified atom stereocenters. The number of nitrogens with zero attached hydrogens (tertiary/aromatic N) is 1. The number of thiophene rings is 1. The zero-order valence-corrected chi connectivity index (χ0v) is 13.8. The van der Waals surface area contributed by atoms with Crippen LogP contribution in [-0.2, 0) is 6.54 Å². The first-order chi connectivity index (χ1) is 9.22. The minimum atomic E-state index is 0.800. The van der Waals surface area contributed by atoms with Gasteiger partial charge in [-0.1, -0.05) is 18.2 Å². The third kappa shape index (κ3) is 2.99. The predicted octanol–water partition coefficient (Wildman–Crippen LogP) is 5.43. The van der Waals surface area contributed by atoms with Crippen molar-refractivity contribution in [3.63, 3.8) is 0 Å². The lowest BCUT2D eigenvalue weighted by atomic mass is 10.2. The minimum Gasteiger partial charge on any atom is -0.379 e. The monoisotopic (exact) mass is 396 g/mol. The molecule has 2 nitrogen and oxygen atoms in total. The summed E-state index contributed by atoms with van der Waals surface area (Å²) in [6.45, 7) is 0.800. The Hall–Kier alpha value is -0.910. The molecule has 1 aromatic carbocycles. The Balaban J connectivity index is 1.78. The molecule has 3 aromatic rings. The fourth-order valence-electron chi connectivity index (χ4n) is 1.84. The lowest BCUT2D eigenvalue weighted by Gasteiger charge is -2.05. The predicted molar refractivity (Wildman–Crippen MR) is 88.8 cm³/mol. The maximum atomic E-state index is 4.44. The molecule has 2 aromatic heterocycles. The number of hydrogen-bond donors (Lipinski definition) is 1. The SMILES string of the molecule is Brc1cc(CNc2cnc3ccccc3c2)sc1Br. The van der Waals surface area contributed by atoms with Crippen molar-refractivity contribution in [2.45, 2.75) is 6.54 Å². The molecule has 0 fully saturated rings. The van der Waals surface area contributed by atoms with Crippen LogP contribution in [0.5, 0.6) is 0 Å². The van der Waals surface area contributed by atoms with Crippen LogP contribution in [0.1, 0.15) is 4.88 Å². The zero-order valence-electron chi connectivity index (χ0n) is 9.86. The molecule has 0 spiro atoms. The molecular weight excluding hydrogens is 388 g/mol. The van der Waals surface area contributed by atoms with Gasteiger partial charge in [-0.15, -0.1) is 11.3 Å². The molecule has 0 saturated heterocycles. The topological polar surface area (TPSA) is 24.9 Å². The van der Waals surface area contributed by atoms with Crippen LogP contribution in [0.15, 0.2) is 50.9 Å². The molecule has 1 N–H and O–H groups in total. The average Bonchev–Trinajstić information content (AvgIpc) is 2.75. The van der Waals surface area contributed by atoms with Crippen LogP contribution in [0.25, 0.3) is 10.9 Å². The normalized spacial score (nSPS) is 10.8. The minimum absolute atomic E-state index is 0.800. The molecular formula is C14H10Br2N2S. The summed E-state index contributed by atoms with van der Waals surface area (Å²) < 4.78 is 2.23. The van der Waals surface area contributed by atoms with E-state index in [0.29, 0.717) is 0 Å². The molecule has 0 atom stereocenters. The van der Waals surface area contributed by atoms with Crippen molar-refractivity contribution in [3.8, 4) is 0 Å². The molecule has 2 heterocycles. The molecule has 3 rings (SSSR count). The number of nitrogens with one attached hydrogen (secondary N) is 1. The Labute approximate surface area is 132 Å². The van der Waals surface area contributed by atoms with Gasteiger partial charge in [0.2, 0.25) is 0 Å². The summed E-state index contributed by atoms with van der Waals surface area (Å²) in [5.41, 5.74) is 2.06. The van der Waals surface area contributed by atoms with Crippen LogP contribution in [0, 0.1) is 0 Å². The Bertz CT molecular complexity index is 705. The Morgan fingerprint density at radius 1 is 1.16 bits per heavy atom. The van der Waals surface area contributed by atoms with Gasteiger partial charge in [-0.05, 0) is 50.1 Å². The first-order valence-corrected chi connectivity index (χ1v) is 8.15. The quantitative estimate of drug-likeness (QED) is 0.636. The molecule has 0 aliphatic carbocycles. The summed E-state index contributed by atoms with van der Waals surface area (Å²) in [5.74, 6) is 0. The molecule has 0 bridgehead atoms. The van der Waals surface area contributed by atoms with Gasteiger partial charge in [0.15, 0.2) is 0 Å². The molecule has 0 saturated carbocycles. The van der Waals surface area contributed by atoms with Gasteiger partial charge >= 0.3 is 0 Å². The Kier molecular flexibility index (Phi) is 3.86. The standard InChI is InChI=1S/C14H10Br2N2S/c15-12-6-11(19-14(12)16)8-17-10-5-9-3-1-2-4-13(9)18-7-10/h1-7,17H,8H2. The molecule has 5 heteroatoms. The highest BCUT2D eigenvalue weighted by Crippen LogP contribution is 2.32. The third-order valence-electron chi connectivity index (χ3n) is 2.75. The first kappa shape index (κ1) is 13.1. The van der Waals surface area contributed by atoms with Crippen LogP contribution in [0.3, 0.4) is 0 Å². The lowest BCUT2D eigenvalue weighted by molar-refractivity contribution is 1.18. The molecule has 19 heavy (non-hydrogen) atoms. The van der Waals surface area contributed by atoms with Gasteiger partial charge < -0.3 is 5.32 Å². The van der Waals surface area contributed by atoms with E-state index in [1.807, 2.05) is 24.4 Å². The van der Waals surface area contributed by atoms with E-state index < -0.39 is 0 Å². The lowest BCUT2D eigenvalue weighted by Crippen LogP contribution is -1.97. The molecule has 96 valence electrons. The van der Waals surface area contributed by atoms with Gasteiger partial charge in [-0.25, -0.2) is 0 Å². The van der Waals surface area contributed by atoms with Gasteiger partial charge in [0.1, 0.15) is 0 Å². The number of benzene rings is 1. The van der Waals surface area contributed by atoms with Crippen LogP contribution in [-0.4, -0.2) is 4.98 Å². The highest BCUT2D eigenvalue weighted by atomic mass is 79.9. The van der Waals surface area contributed by atoms with E-state index in [0.717, 1.165) is 31.4 Å². The van der Waals surface area contributed by atoms with Crippen LogP contribution in [0.2, 0.25) is 0 Å². The number of fused-ring (bicyclic) bond motifs is 1. The van der Waals surface area contributed by atoms with E-state index >= 15 is 0 Å². The second kappa shape index (κ2) is 5.61. The van der Waals surface area contributed by atoms with Crippen molar-refractivity contribution < 1.29 is 0 Å². The van der Waals surface area contributed by atoms with Crippen molar-refractivity contribution in [1.29, 1.82) is 0 Å². The number of aromatic nitrogens is 1. The van der Waals surface area contributed by atoms with Crippen LogP contribution in [0.4, 0.5) is 5.69 Å². The maximum Gasteiger partial charge on any atom is 0.0843 e. The molecule has 0 aliphatic heterocycles. The summed E-state index contributed by atoms with van der Waals surface area (Å²) in [5, 5.41) is 4.55. The van der Waals surface area contributed by atoms with Crippen molar-refractivity contribution in [2.75, 3.05) is 5.32 Å². The fraction of sp³-hybridized carbons (Fsp3) is 0.0714. The highest BCUT2D eigenvalue weighted by Gasteiger charge is 2.04. The van der Waals surface area contributed by atoms with Crippen LogP contribution < -0.4 is 5.32 Å². The zero-order chi connectivity index (χ0) is 13.2. The summed E-state index contributed by atoms with van der Waals surface area (Å²) in [7, 11) is 0. The van der Waals surface area contributed by atoms with E-state index in [-0.39, 0.29) is 0 Å². The van der Waals surface area contributed by atoms with Crippen molar-refractivity contribution >= 4 is 59.8 Å². The summed E-state index contributed by atoms with van der Waals surface area (Å²) in [6.07, 6.45) is 1.88. The van der Waals surface area contributed by atoms with E-state index in [2.05, 4.69) is 60.4 Å². The second-order valence-corrected chi connectivity index (χ2v) is 7.41. The number of hydrogen-bond acceptors (Lipinski definition) is 3. The molecule has 0 radical (unpaired) electrons. The largest absolute Gasteiger partial charge is 0.379 e. The molecule has 0 amide bonds. The van der Waals surface area contributed by atoms with Gasteiger partial charge in [0.25, 0.3) is 0 Å². The van der Waals surface area contributed by atoms with E-state index in [4.69, 9.17) is 0 Å². The third-order valence-corrected chi connectivity index (χ3v) is 6.01.